The van der Waals surface area contributed by atoms with E-state index in [1.165, 1.54) is 52.8 Å². The van der Waals surface area contributed by atoms with Crippen molar-refractivity contribution < 1.29 is 65.2 Å². The molecule has 0 bridgehead atoms. The van der Waals surface area contributed by atoms with Crippen LogP contribution in [0, 0.1) is 19.7 Å². The highest BCUT2D eigenvalue weighted by Crippen LogP contribution is 2.61. The van der Waals surface area contributed by atoms with Crippen molar-refractivity contribution in [2.45, 2.75) is 232 Å². The average Bonchev–Trinajstić information content (AvgIpc) is 1.62. The molecule has 5 saturated heterocycles. The van der Waals surface area contributed by atoms with Crippen LogP contribution in [0.2, 0.25) is 0 Å². The summed E-state index contributed by atoms with van der Waals surface area (Å²) in [4.78, 5) is 57.5. The van der Waals surface area contributed by atoms with Gasteiger partial charge in [-0.15, -0.1) is 0 Å². The fourth-order valence-electron chi connectivity index (χ4n) is 10.3. The molecule has 14 atom stereocenters. The molecular weight excluding hydrogens is 1210 g/mol. The summed E-state index contributed by atoms with van der Waals surface area (Å²) in [6, 6.07) is 6.22. The molecule has 0 saturated carbocycles. The molecule has 8 heterocycles. The predicted octanol–water partition coefficient (Wildman–Crippen LogP) is 6.33. The number of aromatic nitrogens is 6. The van der Waals surface area contributed by atoms with Gasteiger partial charge in [-0.25, -0.2) is 52.6 Å². The minimum Gasteiger partial charge on any atom is -0.394 e. The van der Waals surface area contributed by atoms with Crippen molar-refractivity contribution in [1.29, 1.82) is 0 Å². The summed E-state index contributed by atoms with van der Waals surface area (Å²) in [7, 11) is -8.35. The molecule has 0 radical (unpaired) electrons. The Bertz CT molecular complexity index is 3110. The Balaban J connectivity index is 0.000000216. The molecule has 3 aromatic heterocycles. The first kappa shape index (κ1) is 73.6. The van der Waals surface area contributed by atoms with Gasteiger partial charge >= 0.3 is 49.3 Å². The molecular formula is C54H87N14O17P3. The van der Waals surface area contributed by atoms with Gasteiger partial charge in [0.25, 0.3) is 0 Å². The second-order valence-corrected chi connectivity index (χ2v) is 28.5. The highest BCUT2D eigenvalue weighted by Gasteiger charge is 2.68. The molecule has 31 nitrogen and oxygen atoms in total. The molecule has 490 valence electrons. The van der Waals surface area contributed by atoms with Gasteiger partial charge in [-0.1, -0.05) is 0 Å². The zero-order valence-electron chi connectivity index (χ0n) is 52.8. The summed E-state index contributed by atoms with van der Waals surface area (Å²) in [6.07, 6.45) is -4.62. The molecule has 2 unspecified atom stereocenters. The first-order valence-electron chi connectivity index (χ1n) is 28.6. The Morgan fingerprint density at radius 3 is 1.18 bits per heavy atom. The first-order chi connectivity index (χ1) is 40.9. The Morgan fingerprint density at radius 1 is 0.602 bits per heavy atom. The smallest absolute Gasteiger partial charge is 0.394 e. The topological polar surface area (TPSA) is 369 Å². The fraction of sp³-hybridized carbons (Fsp3) is 0.722. The largest absolute Gasteiger partial charge is 0.475 e. The summed E-state index contributed by atoms with van der Waals surface area (Å²) in [5.41, 5.74) is 10.4. The Kier molecular flexibility index (Phi) is 25.0. The molecule has 0 aromatic carbocycles. The van der Waals surface area contributed by atoms with Crippen LogP contribution in [-0.2, 0) is 55.0 Å². The minimum atomic E-state index is -3.82. The van der Waals surface area contributed by atoms with Crippen LogP contribution in [0.15, 0.2) is 51.2 Å². The van der Waals surface area contributed by atoms with Crippen molar-refractivity contribution in [3.05, 3.63) is 102 Å². The molecule has 8 N–H and O–H groups in total. The van der Waals surface area contributed by atoms with E-state index in [-0.39, 0.29) is 49.0 Å². The lowest BCUT2D eigenvalue weighted by Crippen LogP contribution is -2.47. The number of aliphatic hydroxyl groups excluding tert-OH is 2. The second kappa shape index (κ2) is 29.9. The molecule has 0 amide bonds. The summed E-state index contributed by atoms with van der Waals surface area (Å²) in [5.74, 6) is 0.189. The van der Waals surface area contributed by atoms with E-state index < -0.39 is 120 Å². The van der Waals surface area contributed by atoms with Crippen molar-refractivity contribution in [2.24, 2.45) is 0 Å². The maximum atomic E-state index is 12.6. The Hall–Kier alpha value is -5.16. The highest BCUT2D eigenvalue weighted by atomic mass is 31.2. The molecule has 5 aliphatic rings. The van der Waals surface area contributed by atoms with Crippen molar-refractivity contribution in [1.82, 2.24) is 38.0 Å². The van der Waals surface area contributed by atoms with Gasteiger partial charge in [0.05, 0.1) is 38.1 Å². The van der Waals surface area contributed by atoms with Crippen molar-refractivity contribution >= 4 is 41.5 Å². The third kappa shape index (κ3) is 16.5. The number of nitrogens with zero attached hydrogens (tertiary/aromatic N) is 11. The number of aliphatic hydroxyl groups is 2. The minimum absolute atomic E-state index is 0.0584. The van der Waals surface area contributed by atoms with Gasteiger partial charge in [-0.3, -0.25) is 40.8 Å². The van der Waals surface area contributed by atoms with E-state index in [1.807, 2.05) is 0 Å². The zero-order valence-corrected chi connectivity index (χ0v) is 55.5. The van der Waals surface area contributed by atoms with Crippen molar-refractivity contribution in [2.75, 3.05) is 37.0 Å². The van der Waals surface area contributed by atoms with E-state index in [9.17, 15) is 28.6 Å². The third-order valence-corrected chi connectivity index (χ3v) is 20.7. The second-order valence-electron chi connectivity index (χ2n) is 23.7. The van der Waals surface area contributed by atoms with Crippen LogP contribution in [0.3, 0.4) is 0 Å². The summed E-state index contributed by atoms with van der Waals surface area (Å²) < 4.78 is 89.2. The zero-order chi connectivity index (χ0) is 66.3. The van der Waals surface area contributed by atoms with Crippen molar-refractivity contribution in [3.8, 4) is 0 Å². The van der Waals surface area contributed by atoms with Crippen LogP contribution in [0.1, 0.15) is 136 Å². The van der Waals surface area contributed by atoms with Gasteiger partial charge < -0.3 is 60.7 Å². The van der Waals surface area contributed by atoms with Gasteiger partial charge in [0.15, 0.2) is 26.8 Å². The summed E-state index contributed by atoms with van der Waals surface area (Å²) >= 11 is 0. The molecule has 5 fully saturated rings. The number of ether oxygens (including phenoxy) is 3. The molecule has 5 aliphatic heterocycles. The summed E-state index contributed by atoms with van der Waals surface area (Å²) in [5, 5.41) is 19.2. The van der Waals surface area contributed by atoms with Gasteiger partial charge in [-0.05, 0) is 115 Å². The number of rotatable bonds is 16. The lowest BCUT2D eigenvalue weighted by Gasteiger charge is -2.46. The molecule has 88 heavy (non-hydrogen) atoms. The van der Waals surface area contributed by atoms with E-state index in [2.05, 4.69) is 108 Å². The van der Waals surface area contributed by atoms with Crippen LogP contribution in [0.25, 0.3) is 14.5 Å². The standard InChI is InChI=1S/C15H35N2OP.2C14H19N4O6P.C11H14N4O4/c1-11(2)16(12(3)4)19(18-15(9)10)17(13(5)6)14(7)8;2*1-8(2)23-25(20)21-7-9-11(24-25)14(3,16-4)12(22-9)18-6-5-10(15)17-13(18)19;1-11(13-2)8(17)6(5-16)19-9(11)15-4-3-7(12)14-10(15)18/h11-15H,1-10H3;2*5-6,8-9,11-12H,7H2,1-3H3,(H2,15,17,19);3-4,6,8-9,16-17H,5H2,1H3,(H2,12,14,18)/t;2*9-,11-,12-,14-,25?;6-,8-,9-,11-/m.111/s1. The van der Waals surface area contributed by atoms with Gasteiger partial charge in [0.2, 0.25) is 18.7 Å². The monoisotopic (exact) mass is 1300 g/mol. The quantitative estimate of drug-likeness (QED) is 0.0772. The Morgan fingerprint density at radius 2 is 0.920 bits per heavy atom. The van der Waals surface area contributed by atoms with Crippen LogP contribution in [0.5, 0.6) is 0 Å². The van der Waals surface area contributed by atoms with E-state index in [1.54, 1.807) is 41.5 Å². The molecule has 0 aliphatic carbocycles. The van der Waals surface area contributed by atoms with Gasteiger partial charge in [0.1, 0.15) is 35.8 Å². The number of nitrogens with two attached hydrogens (primary N) is 3. The van der Waals surface area contributed by atoms with Gasteiger partial charge in [-0.2, -0.15) is 15.0 Å². The maximum Gasteiger partial charge on any atom is 0.475 e. The highest BCUT2D eigenvalue weighted by molar-refractivity contribution is 7.49. The SMILES string of the molecule is CC(C)OP(N(C(C)C)C(C)C)N(C(C)C)C(C)C.[C-]#[N+][C@]1(C)[C@@H]2OP(=O)(OC(C)C)OC[C@H]2O[C@H]1n1ccc(N)nc1=O.[C-]#[N+][C@]1(C)[C@@H]2OP(=O)(OC(C)C)OC[C@H]2O[C@H]1n1ccc(N)nc1=O.[C-]#[N+][C@]1(C)[C@H](O)[C@@H](CO)O[C@H]1n1ccc(N)nc1=O. The normalized spacial score (nSPS) is 31.7. The number of fused-ring (bicyclic) bond motifs is 2. The average molecular weight is 1300 g/mol. The number of hydrogen-bond donors (Lipinski definition) is 5. The predicted molar refractivity (Wildman–Crippen MR) is 325 cm³/mol. The number of anilines is 3. The summed E-state index contributed by atoms with van der Waals surface area (Å²) in [6.45, 7) is 55.6. The third-order valence-electron chi connectivity index (χ3n) is 14.2. The molecule has 0 spiro atoms. The van der Waals surface area contributed by atoms with E-state index in [4.69, 9.17) is 87.9 Å². The van der Waals surface area contributed by atoms with Crippen LogP contribution >= 0.6 is 24.1 Å². The molecule has 34 heteroatoms. The maximum absolute atomic E-state index is 12.6. The Labute approximate surface area is 514 Å². The lowest BCUT2D eigenvalue weighted by molar-refractivity contribution is -0.0749. The van der Waals surface area contributed by atoms with Crippen LogP contribution in [0.4, 0.5) is 17.5 Å². The number of hydrogen-bond acceptors (Lipinski definition) is 25. The number of phosphoric acid groups is 2. The van der Waals surface area contributed by atoms with E-state index in [0.717, 1.165) is 4.57 Å². The first-order valence-corrected chi connectivity index (χ1v) is 32.7. The van der Waals surface area contributed by atoms with Crippen LogP contribution in [-0.4, -0.2) is 164 Å². The van der Waals surface area contributed by atoms with Crippen molar-refractivity contribution in [3.63, 3.8) is 0 Å². The van der Waals surface area contributed by atoms with E-state index in [0.29, 0.717) is 24.2 Å². The van der Waals surface area contributed by atoms with E-state index >= 15 is 0 Å². The molecule has 3 aromatic rings. The lowest BCUT2D eigenvalue weighted by atomic mass is 9.93. The van der Waals surface area contributed by atoms with Gasteiger partial charge in [0, 0.05) is 63.5 Å². The number of nitrogen functional groups attached to an aromatic ring is 3. The fourth-order valence-corrected chi connectivity index (χ4v) is 16.0. The molecule has 8 rings (SSSR count). The number of phosphoric ester groups is 2. The van der Waals surface area contributed by atoms with Crippen LogP contribution < -0.4 is 34.3 Å².